The summed E-state index contributed by atoms with van der Waals surface area (Å²) in [4.78, 5) is 0.707. The standard InChI is InChI=1S/C12H14Cl2N2OS/c1-6(2)16-10(8(13)4-15-16)11(17)12-9(14)7(3)5-18-12/h4-6,11,17H,1-3H3. The third kappa shape index (κ3) is 2.30. The van der Waals surface area contributed by atoms with Gasteiger partial charge in [0.1, 0.15) is 6.10 Å². The summed E-state index contributed by atoms with van der Waals surface area (Å²) >= 11 is 13.7. The zero-order chi connectivity index (χ0) is 13.4. The van der Waals surface area contributed by atoms with Crippen molar-refractivity contribution in [2.24, 2.45) is 0 Å². The van der Waals surface area contributed by atoms with Gasteiger partial charge in [-0.05, 0) is 31.7 Å². The fourth-order valence-electron chi connectivity index (χ4n) is 1.78. The van der Waals surface area contributed by atoms with Crippen molar-refractivity contribution in [3.05, 3.63) is 37.8 Å². The van der Waals surface area contributed by atoms with Crippen LogP contribution in [0.15, 0.2) is 11.6 Å². The van der Waals surface area contributed by atoms with Gasteiger partial charge in [0.25, 0.3) is 0 Å². The van der Waals surface area contributed by atoms with Gasteiger partial charge in [0.2, 0.25) is 0 Å². The van der Waals surface area contributed by atoms with Crippen molar-refractivity contribution in [2.45, 2.75) is 32.9 Å². The Hall–Kier alpha value is -0.550. The number of hydrogen-bond acceptors (Lipinski definition) is 3. The minimum atomic E-state index is -0.839. The van der Waals surface area contributed by atoms with E-state index < -0.39 is 6.10 Å². The highest BCUT2D eigenvalue weighted by Crippen LogP contribution is 2.38. The van der Waals surface area contributed by atoms with Crippen LogP contribution in [0.5, 0.6) is 0 Å². The van der Waals surface area contributed by atoms with Crippen LogP contribution in [0.2, 0.25) is 10.0 Å². The number of aromatic nitrogens is 2. The van der Waals surface area contributed by atoms with E-state index in [4.69, 9.17) is 23.2 Å². The van der Waals surface area contributed by atoms with E-state index in [0.29, 0.717) is 20.6 Å². The number of halogens is 2. The summed E-state index contributed by atoms with van der Waals surface area (Å²) in [7, 11) is 0. The maximum absolute atomic E-state index is 10.5. The molecule has 2 rings (SSSR count). The summed E-state index contributed by atoms with van der Waals surface area (Å²) in [5, 5.41) is 17.6. The highest BCUT2D eigenvalue weighted by Gasteiger charge is 2.24. The normalized spacial score (nSPS) is 13.3. The van der Waals surface area contributed by atoms with Crippen LogP contribution >= 0.6 is 34.5 Å². The molecular weight excluding hydrogens is 291 g/mol. The van der Waals surface area contributed by atoms with Crippen LogP contribution in [0.1, 0.15) is 42.1 Å². The molecule has 0 aliphatic carbocycles. The lowest BCUT2D eigenvalue weighted by Gasteiger charge is -2.16. The number of hydrogen-bond donors (Lipinski definition) is 1. The summed E-state index contributed by atoms with van der Waals surface area (Å²) in [5.74, 6) is 0. The van der Waals surface area contributed by atoms with Crippen molar-refractivity contribution in [2.75, 3.05) is 0 Å². The molecule has 0 radical (unpaired) electrons. The molecule has 0 saturated heterocycles. The molecule has 2 aromatic heterocycles. The molecule has 0 bridgehead atoms. The molecule has 0 aliphatic rings. The second kappa shape index (κ2) is 5.21. The number of nitrogens with zero attached hydrogens (tertiary/aromatic N) is 2. The number of thiophene rings is 1. The summed E-state index contributed by atoms with van der Waals surface area (Å²) in [6.45, 7) is 5.89. The Morgan fingerprint density at radius 1 is 1.39 bits per heavy atom. The molecule has 98 valence electrons. The molecule has 0 fully saturated rings. The zero-order valence-electron chi connectivity index (χ0n) is 10.3. The van der Waals surface area contributed by atoms with Gasteiger partial charge in [0.05, 0.1) is 26.8 Å². The van der Waals surface area contributed by atoms with Crippen molar-refractivity contribution in [3.8, 4) is 0 Å². The maximum atomic E-state index is 10.5. The van der Waals surface area contributed by atoms with E-state index in [1.54, 1.807) is 10.9 Å². The van der Waals surface area contributed by atoms with Crippen molar-refractivity contribution in [1.29, 1.82) is 0 Å². The van der Waals surface area contributed by atoms with Gasteiger partial charge in [0.15, 0.2) is 0 Å². The van der Waals surface area contributed by atoms with Crippen LogP contribution in [0, 0.1) is 6.92 Å². The topological polar surface area (TPSA) is 38.1 Å². The predicted molar refractivity (Wildman–Crippen MR) is 75.7 cm³/mol. The van der Waals surface area contributed by atoms with E-state index in [2.05, 4.69) is 5.10 Å². The molecule has 0 spiro atoms. The Kier molecular flexibility index (Phi) is 4.02. The van der Waals surface area contributed by atoms with E-state index >= 15 is 0 Å². The lowest BCUT2D eigenvalue weighted by Crippen LogP contribution is -2.12. The Balaban J connectivity index is 2.49. The first-order valence-corrected chi connectivity index (χ1v) is 7.21. The highest BCUT2D eigenvalue weighted by atomic mass is 35.5. The van der Waals surface area contributed by atoms with Crippen molar-refractivity contribution < 1.29 is 5.11 Å². The molecule has 0 amide bonds. The van der Waals surface area contributed by atoms with E-state index in [0.717, 1.165) is 5.56 Å². The Labute approximate surface area is 120 Å². The molecule has 0 aromatic carbocycles. The first-order valence-electron chi connectivity index (χ1n) is 5.58. The summed E-state index contributed by atoms with van der Waals surface area (Å²) < 4.78 is 1.72. The van der Waals surface area contributed by atoms with E-state index in [-0.39, 0.29) is 6.04 Å². The lowest BCUT2D eigenvalue weighted by atomic mass is 10.2. The smallest absolute Gasteiger partial charge is 0.133 e. The van der Waals surface area contributed by atoms with Crippen LogP contribution in [-0.4, -0.2) is 14.9 Å². The van der Waals surface area contributed by atoms with Gasteiger partial charge >= 0.3 is 0 Å². The monoisotopic (exact) mass is 304 g/mol. The molecule has 0 aliphatic heterocycles. The number of rotatable bonds is 3. The predicted octanol–water partition coefficient (Wildman–Crippen LogP) is 4.22. The van der Waals surface area contributed by atoms with Crippen LogP contribution in [0.3, 0.4) is 0 Å². The van der Waals surface area contributed by atoms with E-state index in [9.17, 15) is 5.11 Å². The van der Waals surface area contributed by atoms with E-state index in [1.807, 2.05) is 26.2 Å². The van der Waals surface area contributed by atoms with Gasteiger partial charge in [-0.15, -0.1) is 11.3 Å². The molecule has 1 unspecified atom stereocenters. The minimum Gasteiger partial charge on any atom is -0.381 e. The molecule has 0 saturated carbocycles. The minimum absolute atomic E-state index is 0.127. The number of aliphatic hydroxyl groups is 1. The second-order valence-corrected chi connectivity index (χ2v) is 6.11. The average Bonchev–Trinajstić information content (AvgIpc) is 2.84. The molecule has 1 atom stereocenters. The first-order chi connectivity index (χ1) is 8.43. The molecule has 1 N–H and O–H groups in total. The number of aryl methyl sites for hydroxylation is 1. The highest BCUT2D eigenvalue weighted by molar-refractivity contribution is 7.10. The lowest BCUT2D eigenvalue weighted by molar-refractivity contribution is 0.209. The van der Waals surface area contributed by atoms with Gasteiger partial charge in [-0.25, -0.2) is 0 Å². The summed E-state index contributed by atoms with van der Waals surface area (Å²) in [6, 6.07) is 0.127. The van der Waals surface area contributed by atoms with Crippen LogP contribution in [0.25, 0.3) is 0 Å². The summed E-state index contributed by atoms with van der Waals surface area (Å²) in [6.07, 6.45) is 0.711. The van der Waals surface area contributed by atoms with Crippen molar-refractivity contribution >= 4 is 34.5 Å². The second-order valence-electron chi connectivity index (χ2n) is 4.42. The van der Waals surface area contributed by atoms with Crippen LogP contribution in [-0.2, 0) is 0 Å². The Morgan fingerprint density at radius 3 is 2.56 bits per heavy atom. The summed E-state index contributed by atoms with van der Waals surface area (Å²) in [5.41, 5.74) is 1.55. The molecule has 2 aromatic rings. The maximum Gasteiger partial charge on any atom is 0.133 e. The van der Waals surface area contributed by atoms with Gasteiger partial charge in [-0.2, -0.15) is 5.10 Å². The molecule has 18 heavy (non-hydrogen) atoms. The fourth-order valence-corrected chi connectivity index (χ4v) is 3.29. The van der Waals surface area contributed by atoms with Crippen LogP contribution < -0.4 is 0 Å². The van der Waals surface area contributed by atoms with Gasteiger partial charge in [0, 0.05) is 6.04 Å². The molecule has 2 heterocycles. The average molecular weight is 305 g/mol. The van der Waals surface area contributed by atoms with Gasteiger partial charge < -0.3 is 5.11 Å². The van der Waals surface area contributed by atoms with Gasteiger partial charge in [-0.3, -0.25) is 4.68 Å². The van der Waals surface area contributed by atoms with Gasteiger partial charge in [-0.1, -0.05) is 23.2 Å². The third-order valence-corrected chi connectivity index (χ3v) is 4.77. The molecule has 3 nitrogen and oxygen atoms in total. The molecule has 6 heteroatoms. The zero-order valence-corrected chi connectivity index (χ0v) is 12.6. The quantitative estimate of drug-likeness (QED) is 0.922. The van der Waals surface area contributed by atoms with Crippen molar-refractivity contribution in [1.82, 2.24) is 9.78 Å². The first kappa shape index (κ1) is 13.9. The third-order valence-electron chi connectivity index (χ3n) is 2.71. The van der Waals surface area contributed by atoms with Crippen molar-refractivity contribution in [3.63, 3.8) is 0 Å². The Morgan fingerprint density at radius 2 is 2.06 bits per heavy atom. The largest absolute Gasteiger partial charge is 0.381 e. The number of aliphatic hydroxyl groups excluding tert-OH is 1. The SMILES string of the molecule is Cc1csc(C(O)c2c(Cl)cnn2C(C)C)c1Cl. The van der Waals surface area contributed by atoms with Crippen LogP contribution in [0.4, 0.5) is 0 Å². The fraction of sp³-hybridized carbons (Fsp3) is 0.417. The Bertz CT molecular complexity index is 562. The molecular formula is C12H14Cl2N2OS. The van der Waals surface area contributed by atoms with E-state index in [1.165, 1.54) is 11.3 Å².